The first-order chi connectivity index (χ1) is 14.6. The second-order valence-corrected chi connectivity index (χ2v) is 8.51. The summed E-state index contributed by atoms with van der Waals surface area (Å²) in [7, 11) is -10.5. The molecule has 26 heteroatoms. The van der Waals surface area contributed by atoms with Gasteiger partial charge in [0, 0.05) is 0 Å². The van der Waals surface area contributed by atoms with Gasteiger partial charge in [0.2, 0.25) is 0 Å². The van der Waals surface area contributed by atoms with Crippen LogP contribution in [0.4, 0.5) is 92.2 Å². The van der Waals surface area contributed by atoms with Crippen LogP contribution in [0.5, 0.6) is 0 Å². The van der Waals surface area contributed by atoms with Gasteiger partial charge in [-0.25, -0.2) is 0 Å². The number of halogens is 21. The molecule has 0 radical (unpaired) electrons. The Morgan fingerprint density at radius 3 is 0.743 bits per heavy atom. The Balaban J connectivity index is 7.74. The van der Waals surface area contributed by atoms with E-state index in [1.54, 1.807) is 0 Å². The molecule has 0 aromatic carbocycles. The highest BCUT2D eigenvalue weighted by atomic mass is 32.1. The molecule has 0 saturated heterocycles. The van der Waals surface area contributed by atoms with Crippen molar-refractivity contribution in [3.63, 3.8) is 0 Å². The van der Waals surface area contributed by atoms with Gasteiger partial charge in [0.15, 0.2) is 0 Å². The van der Waals surface area contributed by atoms with Gasteiger partial charge < -0.3 is 13.3 Å². The zero-order valence-corrected chi connectivity index (χ0v) is 16.5. The second-order valence-electron chi connectivity index (χ2n) is 5.60. The minimum atomic E-state index is -10.5. The third kappa shape index (κ3) is 6.28. The molecule has 3 nitrogen and oxygen atoms in total. The van der Waals surface area contributed by atoms with Crippen LogP contribution in [0.3, 0.4) is 0 Å². The van der Waals surface area contributed by atoms with Crippen LogP contribution in [0.15, 0.2) is 0 Å². The quantitative estimate of drug-likeness (QED) is 0.176. The number of hydrogen-bond donors (Lipinski definition) is 1. The number of rotatable bonds is 9. The highest BCUT2D eigenvalue weighted by Crippen LogP contribution is 2.57. The van der Waals surface area contributed by atoms with Gasteiger partial charge in [0.1, 0.15) is 0 Å². The summed E-state index contributed by atoms with van der Waals surface area (Å²) in [4.78, 5) is 0. The minimum absolute atomic E-state index is 1.33. The molecule has 0 aromatic heterocycles. The van der Waals surface area contributed by atoms with Crippen molar-refractivity contribution < 1.29 is 105 Å². The molecule has 0 aromatic rings. The van der Waals surface area contributed by atoms with Gasteiger partial charge in [0.25, 0.3) is 0 Å². The maximum absolute atomic E-state index is 14.1. The van der Waals surface area contributed by atoms with Crippen LogP contribution in [0.1, 0.15) is 0 Å². The van der Waals surface area contributed by atoms with Crippen molar-refractivity contribution in [2.75, 3.05) is 0 Å². The van der Waals surface area contributed by atoms with E-state index in [0.717, 1.165) is 0 Å². The molecule has 0 unspecified atom stereocenters. The molecule has 0 aliphatic carbocycles. The molecular formula is C9HF21O3SSi. The molecule has 0 amide bonds. The van der Waals surface area contributed by atoms with Gasteiger partial charge in [-0.15, -0.1) is 0 Å². The molecule has 0 saturated carbocycles. The predicted molar refractivity (Wildman–Crippen MR) is 65.8 cm³/mol. The van der Waals surface area contributed by atoms with Gasteiger partial charge in [-0.05, 0) is 0 Å². The summed E-state index contributed by atoms with van der Waals surface area (Å²) >= 11 is 1.33. The number of alkyl halides is 21. The van der Waals surface area contributed by atoms with Gasteiger partial charge >= 0.3 is 62.4 Å². The Bertz CT molecular complexity index is 678. The Hall–Kier alpha value is -1.02. The van der Waals surface area contributed by atoms with Crippen LogP contribution in [-0.4, -0.2) is 62.4 Å². The third-order valence-corrected chi connectivity index (χ3v) is 5.87. The maximum atomic E-state index is 14.1. The van der Waals surface area contributed by atoms with E-state index in [1.165, 1.54) is 25.9 Å². The monoisotopic (exact) mass is 616 g/mol. The van der Waals surface area contributed by atoms with Crippen molar-refractivity contribution in [2.24, 2.45) is 0 Å². The highest BCUT2D eigenvalue weighted by Gasteiger charge is 2.91. The zero-order valence-electron chi connectivity index (χ0n) is 14.6. The van der Waals surface area contributed by atoms with E-state index < -0.39 is 62.4 Å². The molecule has 35 heavy (non-hydrogen) atoms. The van der Waals surface area contributed by atoms with Crippen molar-refractivity contribution in [2.45, 2.75) is 53.6 Å². The third-order valence-electron chi connectivity index (χ3n) is 2.93. The van der Waals surface area contributed by atoms with E-state index in [9.17, 15) is 92.2 Å². The van der Waals surface area contributed by atoms with Gasteiger partial charge in [-0.3, -0.25) is 0 Å². The Morgan fingerprint density at radius 2 is 0.600 bits per heavy atom. The number of thiol groups is 1. The minimum Gasteiger partial charge on any atom is -0.302 e. The lowest BCUT2D eigenvalue weighted by Gasteiger charge is -2.43. The van der Waals surface area contributed by atoms with Crippen molar-refractivity contribution >= 4 is 21.4 Å². The van der Waals surface area contributed by atoms with Crippen LogP contribution in [-0.2, 0) is 13.3 Å². The SMILES string of the molecule is FC(F)(F)C(F)(F)O[Si](OC(F)(F)C(F)(F)F)(OC(F)(F)C(F)(F)F)C(F)(F)C(F)(F)C(F)(F)S. The average Bonchev–Trinajstić information content (AvgIpc) is 2.48. The molecule has 0 aliphatic rings. The van der Waals surface area contributed by atoms with Crippen molar-refractivity contribution in [1.82, 2.24) is 0 Å². The van der Waals surface area contributed by atoms with E-state index in [4.69, 9.17) is 0 Å². The lowest BCUT2D eigenvalue weighted by Crippen LogP contribution is -2.77. The summed E-state index contributed by atoms with van der Waals surface area (Å²) in [6, 6.07) is 0. The predicted octanol–water partition coefficient (Wildman–Crippen LogP) is 6.77. The molecule has 0 N–H and O–H groups in total. The molecule has 0 fully saturated rings. The Labute approximate surface area is 181 Å². The lowest BCUT2D eigenvalue weighted by molar-refractivity contribution is -0.434. The molecule has 0 bridgehead atoms. The van der Waals surface area contributed by atoms with Crippen LogP contribution >= 0.6 is 12.6 Å². The van der Waals surface area contributed by atoms with Gasteiger partial charge in [0.05, 0.1) is 0 Å². The van der Waals surface area contributed by atoms with Crippen LogP contribution < -0.4 is 0 Å². The molecule has 0 heterocycles. The second kappa shape index (κ2) is 8.78. The topological polar surface area (TPSA) is 27.7 Å². The highest BCUT2D eigenvalue weighted by molar-refractivity contribution is 7.81. The fourth-order valence-corrected chi connectivity index (χ4v) is 3.97. The first-order valence-electron chi connectivity index (χ1n) is 6.92. The summed E-state index contributed by atoms with van der Waals surface area (Å²) in [5.74, 6) is -8.07. The molecule has 212 valence electrons. The van der Waals surface area contributed by atoms with Crippen molar-refractivity contribution in [1.29, 1.82) is 0 Å². The molecule has 0 aliphatic heterocycles. The summed E-state index contributed by atoms with van der Waals surface area (Å²) in [6.45, 7) is 0. The molecular weight excluding hydrogens is 615 g/mol. The fraction of sp³-hybridized carbons (Fsp3) is 1.00. The summed E-state index contributed by atoms with van der Waals surface area (Å²) < 4.78 is 274. The smallest absolute Gasteiger partial charge is 0.302 e. The van der Waals surface area contributed by atoms with E-state index in [-0.39, 0.29) is 0 Å². The average molecular weight is 616 g/mol. The van der Waals surface area contributed by atoms with E-state index in [1.807, 2.05) is 0 Å². The zero-order chi connectivity index (χ0) is 29.1. The molecule has 0 spiro atoms. The summed E-state index contributed by atoms with van der Waals surface area (Å²) in [5.41, 5.74) is -8.51. The van der Waals surface area contributed by atoms with Gasteiger partial charge in [-0.2, -0.15) is 92.2 Å². The van der Waals surface area contributed by atoms with Gasteiger partial charge in [-0.1, -0.05) is 12.6 Å². The standard InChI is InChI=1S/C9HF21O3SSi/c10-1(11,8(27,28)34)9(29,30)35(31-5(21,22)2(12,13)14,32-6(23,24)3(15,16)17)33-7(25,26)4(18,19)20/h34H. The van der Waals surface area contributed by atoms with E-state index in [0.29, 0.717) is 0 Å². The fourth-order valence-electron chi connectivity index (χ4n) is 1.32. The van der Waals surface area contributed by atoms with E-state index in [2.05, 4.69) is 0 Å². The Kier molecular flexibility index (Phi) is 8.52. The van der Waals surface area contributed by atoms with Crippen LogP contribution in [0.25, 0.3) is 0 Å². The van der Waals surface area contributed by atoms with Crippen molar-refractivity contribution in [3.05, 3.63) is 0 Å². The first-order valence-corrected chi connectivity index (χ1v) is 9.09. The first kappa shape index (κ1) is 34.0. The van der Waals surface area contributed by atoms with E-state index >= 15 is 0 Å². The van der Waals surface area contributed by atoms with Crippen molar-refractivity contribution in [3.8, 4) is 0 Å². The lowest BCUT2D eigenvalue weighted by atomic mass is 10.3. The van der Waals surface area contributed by atoms with Crippen LogP contribution in [0, 0.1) is 0 Å². The maximum Gasteiger partial charge on any atom is 0.595 e. The summed E-state index contributed by atoms with van der Waals surface area (Å²) in [6.07, 6.45) is -47.2. The van der Waals surface area contributed by atoms with Crippen LogP contribution in [0.2, 0.25) is 0 Å². The molecule has 0 atom stereocenters. The number of hydrogen-bond acceptors (Lipinski definition) is 4. The Morgan fingerprint density at radius 1 is 0.400 bits per heavy atom. The molecule has 0 rings (SSSR count). The summed E-state index contributed by atoms with van der Waals surface area (Å²) in [5, 5.41) is -6.97. The normalized spacial score (nSPS) is 16.6. The largest absolute Gasteiger partial charge is 0.595 e.